The standard InChI is InChI=1S/C10H17N3OS/c1-10(14)2-4-13(5-3-10)7-8-6-12-9(11)15-8/h6,14H,2-5,7H2,1H3,(H2,11,12). The zero-order chi connectivity index (χ0) is 10.9. The quantitative estimate of drug-likeness (QED) is 0.793. The van der Waals surface area contributed by atoms with Crippen LogP contribution in [0.1, 0.15) is 24.6 Å². The van der Waals surface area contributed by atoms with Gasteiger partial charge in [0.2, 0.25) is 0 Å². The molecule has 1 aromatic heterocycles. The smallest absolute Gasteiger partial charge is 0.180 e. The maximum absolute atomic E-state index is 9.81. The summed E-state index contributed by atoms with van der Waals surface area (Å²) in [5, 5.41) is 10.4. The van der Waals surface area contributed by atoms with Crippen molar-refractivity contribution in [2.75, 3.05) is 18.8 Å². The molecule has 4 nitrogen and oxygen atoms in total. The second-order valence-corrected chi connectivity index (χ2v) is 5.58. The molecule has 0 saturated carbocycles. The SMILES string of the molecule is CC1(O)CCN(Cc2cnc(N)s2)CC1. The summed E-state index contributed by atoms with van der Waals surface area (Å²) in [5.41, 5.74) is 5.11. The van der Waals surface area contributed by atoms with Gasteiger partial charge in [0.05, 0.1) is 5.60 Å². The fourth-order valence-corrected chi connectivity index (χ4v) is 2.54. The number of aromatic nitrogens is 1. The summed E-state index contributed by atoms with van der Waals surface area (Å²) in [5.74, 6) is 0. The Morgan fingerprint density at radius 2 is 2.27 bits per heavy atom. The highest BCUT2D eigenvalue weighted by Gasteiger charge is 2.27. The largest absolute Gasteiger partial charge is 0.390 e. The third-order valence-corrected chi connectivity index (χ3v) is 3.70. The van der Waals surface area contributed by atoms with Crippen molar-refractivity contribution in [3.63, 3.8) is 0 Å². The van der Waals surface area contributed by atoms with Gasteiger partial charge >= 0.3 is 0 Å². The maximum atomic E-state index is 9.81. The Kier molecular flexibility index (Phi) is 2.95. The summed E-state index contributed by atoms with van der Waals surface area (Å²) >= 11 is 1.54. The first-order chi connectivity index (χ1) is 7.05. The molecule has 0 amide bonds. The number of likely N-dealkylation sites (tertiary alicyclic amines) is 1. The molecule has 84 valence electrons. The van der Waals surface area contributed by atoms with Crippen molar-refractivity contribution >= 4 is 16.5 Å². The first kappa shape index (κ1) is 10.9. The molecule has 1 aromatic rings. The van der Waals surface area contributed by atoms with Gasteiger partial charge in [0.15, 0.2) is 5.13 Å². The van der Waals surface area contributed by atoms with Crippen LogP contribution in [0.3, 0.4) is 0 Å². The van der Waals surface area contributed by atoms with Crippen LogP contribution in [0, 0.1) is 0 Å². The predicted molar refractivity (Wildman–Crippen MR) is 61.7 cm³/mol. The molecule has 3 N–H and O–H groups in total. The second-order valence-electron chi connectivity index (χ2n) is 4.44. The van der Waals surface area contributed by atoms with Crippen LogP contribution in [0.25, 0.3) is 0 Å². The number of nitrogens with zero attached hydrogens (tertiary/aromatic N) is 2. The van der Waals surface area contributed by atoms with Gasteiger partial charge in [-0.05, 0) is 19.8 Å². The molecule has 15 heavy (non-hydrogen) atoms. The van der Waals surface area contributed by atoms with E-state index in [1.165, 1.54) is 4.88 Å². The third kappa shape index (κ3) is 2.90. The molecule has 2 rings (SSSR count). The summed E-state index contributed by atoms with van der Waals surface area (Å²) in [6.07, 6.45) is 3.54. The number of hydrogen-bond acceptors (Lipinski definition) is 5. The van der Waals surface area contributed by atoms with Crippen molar-refractivity contribution in [1.29, 1.82) is 0 Å². The molecule has 1 aliphatic rings. The first-order valence-corrected chi connectivity index (χ1v) is 6.02. The molecule has 5 heteroatoms. The Morgan fingerprint density at radius 1 is 1.60 bits per heavy atom. The Morgan fingerprint density at radius 3 is 2.80 bits per heavy atom. The molecule has 0 bridgehead atoms. The van der Waals surface area contributed by atoms with Gasteiger partial charge in [0.25, 0.3) is 0 Å². The number of nitrogens with two attached hydrogens (primary N) is 1. The zero-order valence-corrected chi connectivity index (χ0v) is 9.76. The number of rotatable bonds is 2. The summed E-state index contributed by atoms with van der Waals surface area (Å²) in [4.78, 5) is 7.57. The van der Waals surface area contributed by atoms with Gasteiger partial charge in [-0.1, -0.05) is 0 Å². The number of thiazole rings is 1. The van der Waals surface area contributed by atoms with Crippen LogP contribution in [0.2, 0.25) is 0 Å². The monoisotopic (exact) mass is 227 g/mol. The Hall–Kier alpha value is -0.650. The highest BCUT2D eigenvalue weighted by atomic mass is 32.1. The van der Waals surface area contributed by atoms with Crippen LogP contribution in [0.4, 0.5) is 5.13 Å². The lowest BCUT2D eigenvalue weighted by Gasteiger charge is -2.35. The van der Waals surface area contributed by atoms with E-state index in [0.29, 0.717) is 5.13 Å². The fraction of sp³-hybridized carbons (Fsp3) is 0.700. The molecule has 1 saturated heterocycles. The van der Waals surface area contributed by atoms with Crippen LogP contribution >= 0.6 is 11.3 Å². The van der Waals surface area contributed by atoms with Crippen molar-refractivity contribution in [3.8, 4) is 0 Å². The highest BCUT2D eigenvalue weighted by Crippen LogP contribution is 2.24. The van der Waals surface area contributed by atoms with Crippen molar-refractivity contribution in [2.45, 2.75) is 31.9 Å². The average molecular weight is 227 g/mol. The van der Waals surface area contributed by atoms with Gasteiger partial charge in [0.1, 0.15) is 0 Å². The van der Waals surface area contributed by atoms with E-state index in [0.717, 1.165) is 32.5 Å². The summed E-state index contributed by atoms with van der Waals surface area (Å²) < 4.78 is 0. The predicted octanol–water partition coefficient (Wildman–Crippen LogP) is 1.07. The summed E-state index contributed by atoms with van der Waals surface area (Å²) in [6.45, 7) is 4.72. The molecular weight excluding hydrogens is 210 g/mol. The van der Waals surface area contributed by atoms with Crippen LogP contribution in [0.5, 0.6) is 0 Å². The molecule has 1 fully saturated rings. The molecule has 2 heterocycles. The van der Waals surface area contributed by atoms with Gasteiger partial charge in [-0.2, -0.15) is 0 Å². The number of hydrogen-bond donors (Lipinski definition) is 2. The van der Waals surface area contributed by atoms with E-state index in [1.807, 2.05) is 13.1 Å². The maximum Gasteiger partial charge on any atom is 0.180 e. The Labute approximate surface area is 93.7 Å². The van der Waals surface area contributed by atoms with Crippen molar-refractivity contribution in [2.24, 2.45) is 0 Å². The summed E-state index contributed by atoms with van der Waals surface area (Å²) in [7, 11) is 0. The van der Waals surface area contributed by atoms with Crippen LogP contribution in [-0.2, 0) is 6.54 Å². The van der Waals surface area contributed by atoms with Gasteiger partial charge in [-0.15, -0.1) is 11.3 Å². The lowest BCUT2D eigenvalue weighted by Crippen LogP contribution is -2.41. The highest BCUT2D eigenvalue weighted by molar-refractivity contribution is 7.15. The van der Waals surface area contributed by atoms with E-state index in [9.17, 15) is 5.11 Å². The minimum atomic E-state index is -0.469. The molecule has 0 unspecified atom stereocenters. The van der Waals surface area contributed by atoms with E-state index in [2.05, 4.69) is 9.88 Å². The molecule has 0 spiro atoms. The van der Waals surface area contributed by atoms with Crippen LogP contribution < -0.4 is 5.73 Å². The van der Waals surface area contributed by atoms with Crippen molar-refractivity contribution in [1.82, 2.24) is 9.88 Å². The zero-order valence-electron chi connectivity index (χ0n) is 8.94. The van der Waals surface area contributed by atoms with Crippen molar-refractivity contribution < 1.29 is 5.11 Å². The van der Waals surface area contributed by atoms with E-state index in [1.54, 1.807) is 11.3 Å². The van der Waals surface area contributed by atoms with Gasteiger partial charge in [-0.25, -0.2) is 4.98 Å². The lowest BCUT2D eigenvalue weighted by atomic mass is 9.94. The molecule has 0 radical (unpaired) electrons. The van der Waals surface area contributed by atoms with E-state index >= 15 is 0 Å². The minimum Gasteiger partial charge on any atom is -0.390 e. The van der Waals surface area contributed by atoms with Gasteiger partial charge < -0.3 is 10.8 Å². The first-order valence-electron chi connectivity index (χ1n) is 5.20. The van der Waals surface area contributed by atoms with Gasteiger partial charge in [0, 0.05) is 30.7 Å². The van der Waals surface area contributed by atoms with Crippen molar-refractivity contribution in [3.05, 3.63) is 11.1 Å². The minimum absolute atomic E-state index is 0.469. The van der Waals surface area contributed by atoms with E-state index in [4.69, 9.17) is 5.73 Å². The van der Waals surface area contributed by atoms with E-state index in [-0.39, 0.29) is 0 Å². The molecule has 0 atom stereocenters. The number of nitrogen functional groups attached to an aromatic ring is 1. The number of anilines is 1. The molecular formula is C10H17N3OS. The lowest BCUT2D eigenvalue weighted by molar-refractivity contribution is -0.00707. The molecule has 0 aromatic carbocycles. The van der Waals surface area contributed by atoms with Crippen LogP contribution in [0.15, 0.2) is 6.20 Å². The molecule has 0 aliphatic carbocycles. The number of piperidine rings is 1. The Bertz CT molecular complexity index is 327. The summed E-state index contributed by atoms with van der Waals surface area (Å²) in [6, 6.07) is 0. The normalized spacial score (nSPS) is 21.7. The molecule has 1 aliphatic heterocycles. The van der Waals surface area contributed by atoms with Crippen LogP contribution in [-0.4, -0.2) is 33.7 Å². The van der Waals surface area contributed by atoms with E-state index < -0.39 is 5.60 Å². The van der Waals surface area contributed by atoms with Gasteiger partial charge in [-0.3, -0.25) is 4.90 Å². The Balaban J connectivity index is 1.87. The number of aliphatic hydroxyl groups is 1. The fourth-order valence-electron chi connectivity index (χ4n) is 1.81. The average Bonchev–Trinajstić information content (AvgIpc) is 2.55. The third-order valence-electron chi connectivity index (χ3n) is 2.88. The topological polar surface area (TPSA) is 62.4 Å². The second kappa shape index (κ2) is 4.08.